The number of halogens is 2. The maximum Gasteiger partial charge on any atom is 0.122 e. The normalized spacial score (nSPS) is 24.7. The Morgan fingerprint density at radius 2 is 2.03 bits per heavy atom. The van der Waals surface area contributed by atoms with Crippen LogP contribution in [0.4, 0.5) is 8.78 Å². The van der Waals surface area contributed by atoms with E-state index in [9.17, 15) is 8.78 Å². The maximum absolute atomic E-state index is 14.8. The fourth-order valence-corrected chi connectivity index (χ4v) is 4.61. The average molecular weight is 403 g/mol. The molecular weight excluding hydrogens is 362 g/mol. The summed E-state index contributed by atoms with van der Waals surface area (Å²) in [4.78, 5) is 0. The molecule has 0 saturated carbocycles. The third-order valence-electron chi connectivity index (χ3n) is 6.62. The lowest BCUT2D eigenvalue weighted by Crippen LogP contribution is -2.12. The quantitative estimate of drug-likeness (QED) is 0.302. The average Bonchev–Trinajstić information content (AvgIpc) is 2.73. The molecule has 0 aliphatic heterocycles. The molecule has 2 rings (SSSR count). The monoisotopic (exact) mass is 402 g/mol. The zero-order valence-corrected chi connectivity index (χ0v) is 18.7. The summed E-state index contributed by atoms with van der Waals surface area (Å²) in [6.07, 6.45) is 19.7. The molecule has 0 N–H and O–H groups in total. The van der Waals surface area contributed by atoms with Crippen LogP contribution in [-0.2, 0) is 0 Å². The van der Waals surface area contributed by atoms with E-state index in [0.29, 0.717) is 30.3 Å². The molecule has 162 valence electrons. The molecule has 0 amide bonds. The van der Waals surface area contributed by atoms with Crippen LogP contribution in [0, 0.1) is 23.7 Å². The van der Waals surface area contributed by atoms with Gasteiger partial charge in [-0.25, -0.2) is 8.78 Å². The molecule has 2 aliphatic carbocycles. The zero-order valence-electron chi connectivity index (χ0n) is 18.7. The van der Waals surface area contributed by atoms with Gasteiger partial charge in [0.2, 0.25) is 0 Å². The predicted octanol–water partition coefficient (Wildman–Crippen LogP) is 9.18. The van der Waals surface area contributed by atoms with Crippen LogP contribution in [0.15, 0.2) is 59.8 Å². The maximum atomic E-state index is 14.8. The summed E-state index contributed by atoms with van der Waals surface area (Å²) in [7, 11) is 0. The third kappa shape index (κ3) is 7.72. The van der Waals surface area contributed by atoms with Crippen molar-refractivity contribution in [1.29, 1.82) is 0 Å². The van der Waals surface area contributed by atoms with E-state index < -0.39 is 0 Å². The van der Waals surface area contributed by atoms with Gasteiger partial charge in [-0.05, 0) is 98.8 Å². The Hall–Kier alpha value is -1.44. The van der Waals surface area contributed by atoms with Gasteiger partial charge in [0.05, 0.1) is 5.83 Å². The molecule has 0 bridgehead atoms. The van der Waals surface area contributed by atoms with Gasteiger partial charge in [-0.2, -0.15) is 0 Å². The van der Waals surface area contributed by atoms with Crippen molar-refractivity contribution < 1.29 is 8.78 Å². The Morgan fingerprint density at radius 3 is 2.66 bits per heavy atom. The van der Waals surface area contributed by atoms with E-state index in [1.54, 1.807) is 6.08 Å². The van der Waals surface area contributed by atoms with Crippen molar-refractivity contribution in [3.63, 3.8) is 0 Å². The summed E-state index contributed by atoms with van der Waals surface area (Å²) in [6, 6.07) is 0. The molecule has 0 aromatic carbocycles. The van der Waals surface area contributed by atoms with Crippen molar-refractivity contribution in [2.24, 2.45) is 23.7 Å². The molecule has 2 aliphatic rings. The number of hydrogen-bond donors (Lipinski definition) is 0. The van der Waals surface area contributed by atoms with Gasteiger partial charge < -0.3 is 0 Å². The third-order valence-corrected chi connectivity index (χ3v) is 6.62. The second-order valence-corrected chi connectivity index (χ2v) is 9.02. The van der Waals surface area contributed by atoms with Crippen LogP contribution in [0.25, 0.3) is 0 Å². The first-order chi connectivity index (χ1) is 13.9. The summed E-state index contributed by atoms with van der Waals surface area (Å²) in [5.74, 6) is 0.796. The lowest BCUT2D eigenvalue weighted by molar-refractivity contribution is 0.338. The first-order valence-electron chi connectivity index (χ1n) is 11.7. The summed E-state index contributed by atoms with van der Waals surface area (Å²) in [5.41, 5.74) is 1.90. The smallest absolute Gasteiger partial charge is 0.122 e. The lowest BCUT2D eigenvalue weighted by Gasteiger charge is -2.24. The van der Waals surface area contributed by atoms with Gasteiger partial charge in [0.15, 0.2) is 0 Å². The summed E-state index contributed by atoms with van der Waals surface area (Å²) in [5, 5.41) is 0. The summed E-state index contributed by atoms with van der Waals surface area (Å²) in [6.45, 7) is 10.4. The summed E-state index contributed by atoms with van der Waals surface area (Å²) >= 11 is 0. The minimum atomic E-state index is -0.193. The molecule has 0 saturated heterocycles. The summed E-state index contributed by atoms with van der Waals surface area (Å²) < 4.78 is 29.1. The van der Waals surface area contributed by atoms with Gasteiger partial charge in [-0.15, -0.1) is 0 Å². The first kappa shape index (κ1) is 23.8. The van der Waals surface area contributed by atoms with E-state index in [2.05, 4.69) is 45.6 Å². The minimum Gasteiger partial charge on any atom is -0.212 e. The Kier molecular flexibility index (Phi) is 10.1. The van der Waals surface area contributed by atoms with E-state index in [1.165, 1.54) is 5.57 Å². The van der Waals surface area contributed by atoms with Crippen LogP contribution in [0.3, 0.4) is 0 Å². The lowest BCUT2D eigenvalue weighted by atomic mass is 9.82. The fourth-order valence-electron chi connectivity index (χ4n) is 4.61. The van der Waals surface area contributed by atoms with Crippen molar-refractivity contribution >= 4 is 0 Å². The zero-order chi connectivity index (χ0) is 21.2. The Labute approximate surface area is 177 Å². The standard InChI is InChI=1S/C27H40F2/c1-5-10-23-14-16-25(27(29)19-23)15-13-20(3)26(28)18-22(6-2)17-21(4)24-11-8-7-9-12-24/h8,11-12,18-19,21-23,25H,3,5-7,9-10,13-17H2,1-2,4H3/b26-18+/t21-,22?,23?,25?/m0/s1. The van der Waals surface area contributed by atoms with Crippen molar-refractivity contribution in [3.05, 3.63) is 59.8 Å². The molecule has 0 nitrogen and oxygen atoms in total. The van der Waals surface area contributed by atoms with Gasteiger partial charge in [-0.1, -0.05) is 52.0 Å². The molecular formula is C27H40F2. The van der Waals surface area contributed by atoms with Crippen LogP contribution >= 0.6 is 0 Å². The van der Waals surface area contributed by atoms with Crippen LogP contribution in [0.2, 0.25) is 0 Å². The second kappa shape index (κ2) is 12.3. The highest BCUT2D eigenvalue weighted by atomic mass is 19.1. The Balaban J connectivity index is 1.85. The largest absolute Gasteiger partial charge is 0.212 e. The molecule has 29 heavy (non-hydrogen) atoms. The van der Waals surface area contributed by atoms with E-state index in [0.717, 1.165) is 51.4 Å². The molecule has 4 atom stereocenters. The minimum absolute atomic E-state index is 0.0148. The predicted molar refractivity (Wildman–Crippen MR) is 122 cm³/mol. The molecule has 0 heterocycles. The molecule has 2 heteroatoms. The Morgan fingerprint density at radius 1 is 1.24 bits per heavy atom. The second-order valence-electron chi connectivity index (χ2n) is 9.02. The van der Waals surface area contributed by atoms with Gasteiger partial charge in [0.25, 0.3) is 0 Å². The van der Waals surface area contributed by atoms with Gasteiger partial charge in [-0.3, -0.25) is 0 Å². The van der Waals surface area contributed by atoms with Crippen molar-refractivity contribution in [2.75, 3.05) is 0 Å². The van der Waals surface area contributed by atoms with Gasteiger partial charge in [0, 0.05) is 5.92 Å². The topological polar surface area (TPSA) is 0 Å². The van der Waals surface area contributed by atoms with Gasteiger partial charge >= 0.3 is 0 Å². The number of rotatable bonds is 11. The fraction of sp³-hybridized carbons (Fsp3) is 0.630. The first-order valence-corrected chi connectivity index (χ1v) is 11.7. The van der Waals surface area contributed by atoms with Crippen LogP contribution in [0.5, 0.6) is 0 Å². The molecule has 0 fully saturated rings. The highest BCUT2D eigenvalue weighted by Crippen LogP contribution is 2.36. The molecule has 0 aromatic rings. The van der Waals surface area contributed by atoms with E-state index >= 15 is 0 Å². The highest BCUT2D eigenvalue weighted by Gasteiger charge is 2.23. The van der Waals surface area contributed by atoms with Crippen molar-refractivity contribution in [3.8, 4) is 0 Å². The van der Waals surface area contributed by atoms with Crippen molar-refractivity contribution in [2.45, 2.75) is 85.0 Å². The van der Waals surface area contributed by atoms with Crippen LogP contribution in [0.1, 0.15) is 85.0 Å². The highest BCUT2D eigenvalue weighted by molar-refractivity contribution is 5.26. The number of hydrogen-bond acceptors (Lipinski definition) is 0. The van der Waals surface area contributed by atoms with E-state index in [1.807, 2.05) is 6.08 Å². The van der Waals surface area contributed by atoms with Crippen molar-refractivity contribution in [1.82, 2.24) is 0 Å². The van der Waals surface area contributed by atoms with Crippen LogP contribution in [-0.4, -0.2) is 0 Å². The molecule has 3 unspecified atom stereocenters. The molecule has 0 spiro atoms. The van der Waals surface area contributed by atoms with E-state index in [4.69, 9.17) is 0 Å². The Bertz CT molecular complexity index is 649. The van der Waals surface area contributed by atoms with Crippen LogP contribution < -0.4 is 0 Å². The van der Waals surface area contributed by atoms with Gasteiger partial charge in [0.1, 0.15) is 5.83 Å². The van der Waals surface area contributed by atoms with E-state index in [-0.39, 0.29) is 23.5 Å². The molecule has 0 radical (unpaired) electrons. The SMILES string of the molecule is C=C(CCC1CCC(CCC)C=C1F)/C(F)=C\C(CC)C[C@H](C)C1=CCCC=C1. The number of allylic oxidation sites excluding steroid dienone is 9. The molecule has 0 aromatic heterocycles.